The lowest BCUT2D eigenvalue weighted by atomic mass is 10.0. The van der Waals surface area contributed by atoms with Gasteiger partial charge in [-0.05, 0) is 17.2 Å². The molecule has 2 aliphatic heterocycles. The Kier molecular flexibility index (Phi) is 5.25. The smallest absolute Gasteiger partial charge is 0.320 e. The molecule has 0 aromatic heterocycles. The van der Waals surface area contributed by atoms with Crippen molar-refractivity contribution < 1.29 is 18.8 Å². The first kappa shape index (κ1) is 22.3. The molecule has 1 N–H and O–H groups in total. The van der Waals surface area contributed by atoms with Crippen molar-refractivity contribution in [3.63, 3.8) is 0 Å². The monoisotopic (exact) mass is 484 g/mol. The van der Waals surface area contributed by atoms with Gasteiger partial charge in [0, 0.05) is 25.1 Å². The largest absolute Gasteiger partial charge is 0.327 e. The normalized spacial score (nSPS) is 25.1. The summed E-state index contributed by atoms with van der Waals surface area (Å²) in [5, 5.41) is 2.96. The maximum atomic E-state index is 15.6. The van der Waals surface area contributed by atoms with Crippen LogP contribution in [0.3, 0.4) is 0 Å². The van der Waals surface area contributed by atoms with Crippen LogP contribution >= 0.6 is 0 Å². The number of alkyl halides is 1. The molecule has 5 amide bonds. The highest BCUT2D eigenvalue weighted by molar-refractivity contribution is 6.06. The fourth-order valence-electron chi connectivity index (χ4n) is 5.29. The number of carbonyl (C=O) groups is 3. The summed E-state index contributed by atoms with van der Waals surface area (Å²) >= 11 is 0. The Balaban J connectivity index is 1.17. The Hall–Kier alpha value is -4.20. The molecule has 3 fully saturated rings. The van der Waals surface area contributed by atoms with Crippen LogP contribution in [-0.4, -0.2) is 64.4 Å². The Morgan fingerprint density at radius 3 is 2.31 bits per heavy atom. The fourth-order valence-corrected chi connectivity index (χ4v) is 5.29. The van der Waals surface area contributed by atoms with Crippen LogP contribution in [0.1, 0.15) is 12.0 Å². The lowest BCUT2D eigenvalue weighted by Gasteiger charge is -2.35. The van der Waals surface area contributed by atoms with E-state index in [2.05, 4.69) is 5.32 Å². The third-order valence-electron chi connectivity index (χ3n) is 7.32. The number of carbonyl (C=O) groups excluding carboxylic acids is 3. The van der Waals surface area contributed by atoms with Crippen LogP contribution in [0.5, 0.6) is 0 Å². The minimum atomic E-state index is -1.72. The van der Waals surface area contributed by atoms with Gasteiger partial charge in [-0.1, -0.05) is 78.9 Å². The third-order valence-corrected chi connectivity index (χ3v) is 7.32. The van der Waals surface area contributed by atoms with E-state index >= 15 is 4.39 Å². The van der Waals surface area contributed by atoms with Gasteiger partial charge in [-0.25, -0.2) is 14.0 Å². The number of rotatable bonds is 4. The number of halogens is 1. The van der Waals surface area contributed by atoms with Crippen LogP contribution in [0.4, 0.5) is 19.7 Å². The van der Waals surface area contributed by atoms with E-state index < -0.39 is 29.7 Å². The highest BCUT2D eigenvalue weighted by Crippen LogP contribution is 2.54. The molecular weight excluding hydrogens is 459 g/mol. The van der Waals surface area contributed by atoms with Crippen molar-refractivity contribution in [1.29, 1.82) is 0 Å². The molecule has 1 saturated carbocycles. The number of fused-ring (bicyclic) bond motifs is 1. The third kappa shape index (κ3) is 3.61. The summed E-state index contributed by atoms with van der Waals surface area (Å²) in [5.41, 5.74) is 1.27. The number of anilines is 1. The molecule has 182 valence electrons. The molecule has 0 spiro atoms. The average Bonchev–Trinajstić information content (AvgIpc) is 3.54. The second kappa shape index (κ2) is 8.48. The predicted molar refractivity (Wildman–Crippen MR) is 133 cm³/mol. The lowest BCUT2D eigenvalue weighted by molar-refractivity contribution is -0.129. The molecule has 3 unspecified atom stereocenters. The van der Waals surface area contributed by atoms with Crippen molar-refractivity contribution in [2.45, 2.75) is 24.2 Å². The highest BCUT2D eigenvalue weighted by atomic mass is 19.1. The first-order valence-electron chi connectivity index (χ1n) is 12.1. The van der Waals surface area contributed by atoms with Gasteiger partial charge in [0.2, 0.25) is 0 Å². The number of hydrogen-bond acceptors (Lipinski definition) is 3. The van der Waals surface area contributed by atoms with Gasteiger partial charge in [-0.2, -0.15) is 0 Å². The molecule has 0 bridgehead atoms. The zero-order valence-corrected chi connectivity index (χ0v) is 19.5. The van der Waals surface area contributed by atoms with Gasteiger partial charge in [0.15, 0.2) is 5.67 Å². The first-order valence-corrected chi connectivity index (χ1v) is 12.1. The molecule has 36 heavy (non-hydrogen) atoms. The number of piperazine rings is 1. The van der Waals surface area contributed by atoms with Crippen LogP contribution in [0.2, 0.25) is 0 Å². The molecule has 3 atom stereocenters. The quantitative estimate of drug-likeness (QED) is 0.556. The van der Waals surface area contributed by atoms with Crippen LogP contribution < -0.4 is 5.32 Å². The Bertz CT molecular complexity index is 1330. The van der Waals surface area contributed by atoms with Gasteiger partial charge in [-0.3, -0.25) is 9.69 Å². The molecule has 2 heterocycles. The number of para-hydroxylation sites is 1. The number of benzene rings is 3. The van der Waals surface area contributed by atoms with Crippen molar-refractivity contribution >= 4 is 23.7 Å². The van der Waals surface area contributed by atoms with E-state index in [9.17, 15) is 14.4 Å². The van der Waals surface area contributed by atoms with E-state index in [0.29, 0.717) is 11.3 Å². The summed E-state index contributed by atoms with van der Waals surface area (Å²) < 4.78 is 15.6. The second-order valence-electron chi connectivity index (χ2n) is 9.44. The minimum Gasteiger partial charge on any atom is -0.320 e. The molecule has 1 aliphatic carbocycles. The number of amides is 5. The summed E-state index contributed by atoms with van der Waals surface area (Å²) in [7, 11) is 0. The van der Waals surface area contributed by atoms with Gasteiger partial charge < -0.3 is 15.1 Å². The maximum Gasteiger partial charge on any atom is 0.327 e. The maximum absolute atomic E-state index is 15.6. The van der Waals surface area contributed by atoms with Crippen LogP contribution in [0, 0.1) is 0 Å². The van der Waals surface area contributed by atoms with E-state index in [1.165, 1.54) is 4.90 Å². The number of imide groups is 1. The molecule has 0 radical (unpaired) electrons. The molecule has 3 aliphatic rings. The summed E-state index contributed by atoms with van der Waals surface area (Å²) in [6.45, 7) is 0.571. The van der Waals surface area contributed by atoms with Crippen molar-refractivity contribution in [2.24, 2.45) is 0 Å². The standard InChI is InChI=1S/C28H25FN4O3/c29-28(20-11-5-2-6-12-20)17-24(28)33-25(34)23-18-31(15-16-32(23)27(33)36)26(35)30-22-14-8-7-13-21(22)19-9-3-1-4-10-19/h1-14,23-24H,15-18H2,(H,30,35). The topological polar surface area (TPSA) is 73.0 Å². The van der Waals surface area contributed by atoms with E-state index in [-0.39, 0.29) is 32.1 Å². The van der Waals surface area contributed by atoms with Gasteiger partial charge in [0.1, 0.15) is 6.04 Å². The van der Waals surface area contributed by atoms with Crippen LogP contribution in [0.25, 0.3) is 11.1 Å². The summed E-state index contributed by atoms with van der Waals surface area (Å²) in [6, 6.07) is 23.5. The molecule has 2 saturated heterocycles. The average molecular weight is 485 g/mol. The molecule has 3 aromatic rings. The van der Waals surface area contributed by atoms with E-state index in [1.807, 2.05) is 54.6 Å². The molecule has 8 heteroatoms. The van der Waals surface area contributed by atoms with E-state index in [1.54, 1.807) is 35.2 Å². The minimum absolute atomic E-state index is 0.0672. The summed E-state index contributed by atoms with van der Waals surface area (Å²) in [5.74, 6) is -0.442. The zero-order chi connectivity index (χ0) is 24.9. The van der Waals surface area contributed by atoms with Gasteiger partial charge >= 0.3 is 12.1 Å². The first-order chi connectivity index (χ1) is 17.5. The Labute approximate surface area is 208 Å². The van der Waals surface area contributed by atoms with Crippen molar-refractivity contribution in [1.82, 2.24) is 14.7 Å². The SMILES string of the molecule is O=C(Nc1ccccc1-c1ccccc1)N1CCN2C(=O)N(C3CC3(F)c3ccccc3)C(=O)C2C1. The highest BCUT2D eigenvalue weighted by Gasteiger charge is 2.66. The van der Waals surface area contributed by atoms with Crippen molar-refractivity contribution in [2.75, 3.05) is 25.0 Å². The van der Waals surface area contributed by atoms with Gasteiger partial charge in [-0.15, -0.1) is 0 Å². The van der Waals surface area contributed by atoms with E-state index in [0.717, 1.165) is 16.0 Å². The van der Waals surface area contributed by atoms with Crippen molar-refractivity contribution in [3.8, 4) is 11.1 Å². The second-order valence-corrected chi connectivity index (χ2v) is 9.44. The zero-order valence-electron chi connectivity index (χ0n) is 19.5. The number of urea groups is 2. The van der Waals surface area contributed by atoms with Gasteiger partial charge in [0.25, 0.3) is 5.91 Å². The molecule has 6 rings (SSSR count). The summed E-state index contributed by atoms with van der Waals surface area (Å²) in [6.07, 6.45) is 0.0928. The predicted octanol–water partition coefficient (Wildman–Crippen LogP) is 4.47. The van der Waals surface area contributed by atoms with Crippen LogP contribution in [0.15, 0.2) is 84.9 Å². The van der Waals surface area contributed by atoms with Crippen LogP contribution in [-0.2, 0) is 10.5 Å². The molecular formula is C28H25FN4O3. The Morgan fingerprint density at radius 2 is 1.56 bits per heavy atom. The fraction of sp³-hybridized carbons (Fsp3) is 0.250. The number of nitrogens with zero attached hydrogens (tertiary/aromatic N) is 3. The van der Waals surface area contributed by atoms with E-state index in [4.69, 9.17) is 0 Å². The number of hydrogen-bond donors (Lipinski definition) is 1. The summed E-state index contributed by atoms with van der Waals surface area (Å²) in [4.78, 5) is 43.6. The molecule has 7 nitrogen and oxygen atoms in total. The van der Waals surface area contributed by atoms with Crippen molar-refractivity contribution in [3.05, 3.63) is 90.5 Å². The van der Waals surface area contributed by atoms with Gasteiger partial charge in [0.05, 0.1) is 18.3 Å². The molecule has 3 aromatic carbocycles. The Morgan fingerprint density at radius 1 is 0.889 bits per heavy atom. The number of nitrogens with one attached hydrogen (secondary N) is 1. The lowest BCUT2D eigenvalue weighted by Crippen LogP contribution is -2.55.